The number of fused-ring (bicyclic) bond motifs is 1. The molecule has 0 saturated heterocycles. The second-order valence-electron chi connectivity index (χ2n) is 10.3. The Bertz CT molecular complexity index is 1870. The van der Waals surface area contributed by atoms with Gasteiger partial charge in [0, 0.05) is 34.0 Å². The van der Waals surface area contributed by atoms with Gasteiger partial charge in [-0.1, -0.05) is 35.9 Å². The normalized spacial score (nSPS) is 12.5. The third kappa shape index (κ3) is 5.49. The molecule has 1 atom stereocenters. The second-order valence-corrected chi connectivity index (χ2v) is 11.8. The number of halogens is 1. The molecular weight excluding hydrogens is 550 g/mol. The molecule has 2 heterocycles. The Balaban J connectivity index is 1.74. The van der Waals surface area contributed by atoms with Crippen molar-refractivity contribution in [2.45, 2.75) is 39.4 Å². The number of nitrogens with one attached hydrogen (secondary N) is 1. The number of benzene rings is 3. The highest BCUT2D eigenvalue weighted by atomic mass is 35.5. The van der Waals surface area contributed by atoms with E-state index in [4.69, 9.17) is 21.3 Å². The quantitative estimate of drug-likeness (QED) is 0.243. The molecule has 8 nitrogen and oxygen atoms in total. The zero-order chi connectivity index (χ0) is 28.8. The number of nitrogens with zero attached hydrogens (tertiary/aromatic N) is 2. The van der Waals surface area contributed by atoms with Crippen LogP contribution in [0.2, 0.25) is 5.02 Å². The van der Waals surface area contributed by atoms with Gasteiger partial charge in [-0.05, 0) is 69.2 Å². The summed E-state index contributed by atoms with van der Waals surface area (Å²) in [7, 11) is 0. The van der Waals surface area contributed by atoms with Crippen molar-refractivity contribution in [3.05, 3.63) is 104 Å². The average molecular weight is 576 g/mol. The van der Waals surface area contributed by atoms with E-state index in [2.05, 4.69) is 4.98 Å². The van der Waals surface area contributed by atoms with Crippen LogP contribution in [0.3, 0.4) is 0 Å². The minimum Gasteiger partial charge on any atom is -0.479 e. The van der Waals surface area contributed by atoms with Crippen LogP contribution >= 0.6 is 22.9 Å². The van der Waals surface area contributed by atoms with Crippen LogP contribution in [0.15, 0.2) is 76.4 Å². The number of rotatable bonds is 6. The highest BCUT2D eigenvalue weighted by Crippen LogP contribution is 2.44. The number of aliphatic carboxylic acids is 1. The van der Waals surface area contributed by atoms with E-state index in [0.29, 0.717) is 26.8 Å². The van der Waals surface area contributed by atoms with Crippen molar-refractivity contribution in [1.82, 2.24) is 14.5 Å². The fourth-order valence-corrected chi connectivity index (χ4v) is 5.82. The molecule has 0 aliphatic rings. The third-order valence-electron chi connectivity index (χ3n) is 6.21. The molecule has 0 aliphatic carbocycles. The van der Waals surface area contributed by atoms with Crippen LogP contribution in [0.5, 0.6) is 0 Å². The monoisotopic (exact) mass is 575 g/mol. The number of aryl methyl sites for hydroxylation is 1. The Kier molecular flexibility index (Phi) is 7.22. The smallest absolute Gasteiger partial charge is 0.337 e. The summed E-state index contributed by atoms with van der Waals surface area (Å²) in [6.45, 7) is 7.33. The largest absolute Gasteiger partial charge is 0.479 e. The van der Waals surface area contributed by atoms with Crippen molar-refractivity contribution in [2.24, 2.45) is 0 Å². The van der Waals surface area contributed by atoms with E-state index in [1.807, 2.05) is 64.1 Å². The van der Waals surface area contributed by atoms with E-state index >= 15 is 0 Å². The van der Waals surface area contributed by atoms with Crippen molar-refractivity contribution >= 4 is 39.1 Å². The number of aromatic nitrogens is 3. The van der Waals surface area contributed by atoms with Crippen LogP contribution in [0.4, 0.5) is 0 Å². The molecule has 3 aromatic carbocycles. The standard InChI is InChI=1S/C30H26ClN3O5S/c1-16-14-21-26(24(17-8-10-19(31)11-9-17)23(16)25(28(36)37)39-30(2,3)4)40-27(32-21)18-6-5-7-20(15-18)34-13-12-22(35)33-29(34)38/h5-15,25H,1-4H3,(H,36,37)(H,33,35,38)/t25-/m0/s1. The Morgan fingerprint density at radius 2 is 1.80 bits per heavy atom. The number of hydrogen-bond acceptors (Lipinski definition) is 6. The van der Waals surface area contributed by atoms with Crippen molar-refractivity contribution in [3.63, 3.8) is 0 Å². The van der Waals surface area contributed by atoms with Gasteiger partial charge in [-0.3, -0.25) is 14.3 Å². The van der Waals surface area contributed by atoms with E-state index in [1.165, 1.54) is 28.2 Å². The maximum atomic E-state index is 12.5. The van der Waals surface area contributed by atoms with Gasteiger partial charge >= 0.3 is 11.7 Å². The molecule has 0 aliphatic heterocycles. The Labute approximate surface area is 238 Å². The van der Waals surface area contributed by atoms with Crippen molar-refractivity contribution in [1.29, 1.82) is 0 Å². The summed E-state index contributed by atoms with van der Waals surface area (Å²) in [4.78, 5) is 43.6. The van der Waals surface area contributed by atoms with E-state index in [1.54, 1.807) is 18.2 Å². The van der Waals surface area contributed by atoms with E-state index in [9.17, 15) is 19.5 Å². The summed E-state index contributed by atoms with van der Waals surface area (Å²) in [5, 5.41) is 11.5. The molecule has 0 saturated carbocycles. The first-order valence-corrected chi connectivity index (χ1v) is 13.6. The maximum Gasteiger partial charge on any atom is 0.337 e. The van der Waals surface area contributed by atoms with Crippen LogP contribution in [0, 0.1) is 6.92 Å². The zero-order valence-electron chi connectivity index (χ0n) is 22.2. The number of carboxylic acid groups (broad SMARTS) is 1. The molecular formula is C30H26ClN3O5S. The van der Waals surface area contributed by atoms with Crippen LogP contribution in [-0.2, 0) is 9.53 Å². The van der Waals surface area contributed by atoms with Gasteiger partial charge in [0.25, 0.3) is 5.56 Å². The van der Waals surface area contributed by atoms with Crippen LogP contribution in [-0.4, -0.2) is 31.2 Å². The molecule has 10 heteroatoms. The lowest BCUT2D eigenvalue weighted by atomic mass is 9.91. The summed E-state index contributed by atoms with van der Waals surface area (Å²) in [5.41, 5.74) is 3.12. The molecule has 5 rings (SSSR count). The molecule has 0 fully saturated rings. The van der Waals surface area contributed by atoms with Gasteiger partial charge in [0.2, 0.25) is 0 Å². The van der Waals surface area contributed by atoms with Crippen LogP contribution < -0.4 is 11.2 Å². The zero-order valence-corrected chi connectivity index (χ0v) is 23.8. The van der Waals surface area contributed by atoms with Crippen LogP contribution in [0.25, 0.3) is 37.6 Å². The maximum absolute atomic E-state index is 12.5. The third-order valence-corrected chi connectivity index (χ3v) is 7.60. The molecule has 0 spiro atoms. The van der Waals surface area contributed by atoms with Gasteiger partial charge in [0.15, 0.2) is 6.10 Å². The van der Waals surface area contributed by atoms with Gasteiger partial charge in [-0.2, -0.15) is 0 Å². The lowest BCUT2D eigenvalue weighted by molar-refractivity contribution is -0.160. The van der Waals surface area contributed by atoms with E-state index in [0.717, 1.165) is 27.0 Å². The molecule has 204 valence electrons. The molecule has 40 heavy (non-hydrogen) atoms. The lowest BCUT2D eigenvalue weighted by Gasteiger charge is -2.28. The van der Waals surface area contributed by atoms with Gasteiger partial charge in [0.1, 0.15) is 5.01 Å². The summed E-state index contributed by atoms with van der Waals surface area (Å²) >= 11 is 7.60. The predicted molar refractivity (Wildman–Crippen MR) is 158 cm³/mol. The van der Waals surface area contributed by atoms with Crippen molar-refractivity contribution in [3.8, 4) is 27.4 Å². The molecule has 0 bridgehead atoms. The van der Waals surface area contributed by atoms with Gasteiger partial charge < -0.3 is 9.84 Å². The molecule has 2 N–H and O–H groups in total. The molecule has 5 aromatic rings. The topological polar surface area (TPSA) is 114 Å². The van der Waals surface area contributed by atoms with Gasteiger partial charge in [0.05, 0.1) is 21.5 Å². The molecule has 0 amide bonds. The summed E-state index contributed by atoms with van der Waals surface area (Å²) in [6.07, 6.45) is 0.213. The number of hydrogen-bond donors (Lipinski definition) is 2. The number of ether oxygens (including phenoxy) is 1. The summed E-state index contributed by atoms with van der Waals surface area (Å²) in [5.74, 6) is -1.09. The minimum atomic E-state index is -1.21. The average Bonchev–Trinajstić information content (AvgIpc) is 3.30. The Morgan fingerprint density at radius 1 is 1.07 bits per heavy atom. The molecule has 2 aromatic heterocycles. The molecule has 0 unspecified atom stereocenters. The Morgan fingerprint density at radius 3 is 2.45 bits per heavy atom. The Hall–Kier alpha value is -4.05. The minimum absolute atomic E-state index is 0.473. The number of H-pyrrole nitrogens is 1. The number of aromatic amines is 1. The first-order chi connectivity index (χ1) is 18.9. The second kappa shape index (κ2) is 10.5. The number of carboxylic acids is 1. The first-order valence-electron chi connectivity index (χ1n) is 12.4. The SMILES string of the molecule is Cc1cc2nc(-c3cccc(-n4ccc(=O)[nH]c4=O)c3)sc2c(-c2ccc(Cl)cc2)c1[C@H](OC(C)(C)C)C(=O)O. The van der Waals surface area contributed by atoms with Crippen molar-refractivity contribution < 1.29 is 14.6 Å². The summed E-state index contributed by atoms with van der Waals surface area (Å²) in [6, 6.07) is 17.7. The first kappa shape index (κ1) is 27.5. The number of thiazole rings is 1. The lowest BCUT2D eigenvalue weighted by Crippen LogP contribution is -2.28. The number of carbonyl (C=O) groups is 1. The molecule has 0 radical (unpaired) electrons. The van der Waals surface area contributed by atoms with Crippen molar-refractivity contribution in [2.75, 3.05) is 0 Å². The highest BCUT2D eigenvalue weighted by Gasteiger charge is 2.32. The van der Waals surface area contributed by atoms with Crippen LogP contribution in [0.1, 0.15) is 38.0 Å². The summed E-state index contributed by atoms with van der Waals surface area (Å²) < 4.78 is 8.23. The fourth-order valence-electron chi connectivity index (χ4n) is 4.57. The predicted octanol–water partition coefficient (Wildman–Crippen LogP) is 6.37. The van der Waals surface area contributed by atoms with Gasteiger partial charge in [-0.15, -0.1) is 11.3 Å². The van der Waals surface area contributed by atoms with E-state index < -0.39 is 28.9 Å². The fraction of sp³-hybridized carbons (Fsp3) is 0.200. The van der Waals surface area contributed by atoms with Gasteiger partial charge in [-0.25, -0.2) is 14.6 Å². The van der Waals surface area contributed by atoms with E-state index in [-0.39, 0.29) is 0 Å². The highest BCUT2D eigenvalue weighted by molar-refractivity contribution is 7.22.